The van der Waals surface area contributed by atoms with Crippen LogP contribution in [0.15, 0.2) is 84.9 Å². The Hall–Kier alpha value is -3.79. The Morgan fingerprint density at radius 3 is 2.03 bits per heavy atom. The molecule has 3 aromatic carbocycles. The molecule has 142 valence electrons. The van der Waals surface area contributed by atoms with Crippen molar-refractivity contribution in [2.75, 3.05) is 18.9 Å². The first kappa shape index (κ1) is 17.3. The Morgan fingerprint density at radius 2 is 1.31 bits per heavy atom. The van der Waals surface area contributed by atoms with Gasteiger partial charge in [-0.15, -0.1) is 0 Å². The van der Waals surface area contributed by atoms with Crippen molar-refractivity contribution in [1.82, 2.24) is 4.98 Å². The lowest BCUT2D eigenvalue weighted by Gasteiger charge is -2.20. The molecule has 0 saturated carbocycles. The lowest BCUT2D eigenvalue weighted by atomic mass is 9.91. The second-order valence-electron chi connectivity index (χ2n) is 6.91. The average molecular weight is 380 g/mol. The summed E-state index contributed by atoms with van der Waals surface area (Å²) in [6, 6.07) is 28.4. The van der Waals surface area contributed by atoms with Crippen LogP contribution in [0, 0.1) is 0 Å². The molecule has 0 spiro atoms. The lowest BCUT2D eigenvalue weighted by molar-refractivity contribution is 0.171. The summed E-state index contributed by atoms with van der Waals surface area (Å²) in [7, 11) is 0. The molecular formula is C25H20N2O2. The molecule has 0 radical (unpaired) electrons. The number of nitrogen functional groups attached to an aromatic ring is 1. The number of hydrogen-bond donors (Lipinski definition) is 1. The predicted octanol–water partition coefficient (Wildman–Crippen LogP) is 5.44. The van der Waals surface area contributed by atoms with E-state index in [1.807, 2.05) is 60.7 Å². The zero-order valence-electron chi connectivity index (χ0n) is 15.8. The van der Waals surface area contributed by atoms with Crippen LogP contribution in [0.3, 0.4) is 0 Å². The maximum absolute atomic E-state index is 6.25. The number of pyridine rings is 1. The van der Waals surface area contributed by atoms with E-state index in [0.29, 0.717) is 19.0 Å². The van der Waals surface area contributed by atoms with Gasteiger partial charge in [0.2, 0.25) is 0 Å². The Morgan fingerprint density at radius 1 is 0.655 bits per heavy atom. The standard InChI is InChI=1S/C25H20N2O2/c26-23-16-20(19-11-12-21-22(15-19)29-14-13-28-21)24(17-7-3-1-4-8-17)25(27-23)18-9-5-2-6-10-18/h1-12,15-16H,13-14H2,(H2,26,27). The van der Waals surface area contributed by atoms with Gasteiger partial charge in [0.15, 0.2) is 11.5 Å². The molecule has 0 aliphatic carbocycles. The van der Waals surface area contributed by atoms with Crippen LogP contribution in [0.5, 0.6) is 11.5 Å². The highest BCUT2D eigenvalue weighted by Crippen LogP contribution is 2.42. The zero-order valence-corrected chi connectivity index (χ0v) is 15.8. The first-order valence-electron chi connectivity index (χ1n) is 9.61. The van der Waals surface area contributed by atoms with Gasteiger partial charge in [0, 0.05) is 11.1 Å². The minimum absolute atomic E-state index is 0.480. The normalized spacial score (nSPS) is 12.6. The number of rotatable bonds is 3. The van der Waals surface area contributed by atoms with E-state index in [4.69, 9.17) is 20.2 Å². The smallest absolute Gasteiger partial charge is 0.161 e. The highest BCUT2D eigenvalue weighted by atomic mass is 16.6. The van der Waals surface area contributed by atoms with Crippen LogP contribution in [-0.2, 0) is 0 Å². The van der Waals surface area contributed by atoms with E-state index in [1.54, 1.807) is 0 Å². The third-order valence-electron chi connectivity index (χ3n) is 5.00. The molecule has 0 fully saturated rings. The van der Waals surface area contributed by atoms with Gasteiger partial charge >= 0.3 is 0 Å². The van der Waals surface area contributed by atoms with Crippen LogP contribution in [0.1, 0.15) is 0 Å². The fourth-order valence-corrected chi connectivity index (χ4v) is 3.71. The van der Waals surface area contributed by atoms with Crippen molar-refractivity contribution in [3.63, 3.8) is 0 Å². The van der Waals surface area contributed by atoms with Gasteiger partial charge in [0.25, 0.3) is 0 Å². The minimum Gasteiger partial charge on any atom is -0.486 e. The second-order valence-corrected chi connectivity index (χ2v) is 6.91. The van der Waals surface area contributed by atoms with Crippen molar-refractivity contribution in [2.24, 2.45) is 0 Å². The van der Waals surface area contributed by atoms with Gasteiger partial charge in [0.05, 0.1) is 5.69 Å². The molecule has 4 heteroatoms. The average Bonchev–Trinajstić information content (AvgIpc) is 2.79. The molecule has 2 heterocycles. The van der Waals surface area contributed by atoms with Crippen molar-refractivity contribution in [1.29, 1.82) is 0 Å². The molecule has 1 aromatic heterocycles. The van der Waals surface area contributed by atoms with Crippen molar-refractivity contribution >= 4 is 5.82 Å². The van der Waals surface area contributed by atoms with Gasteiger partial charge in [-0.1, -0.05) is 66.7 Å². The number of nitrogens with two attached hydrogens (primary N) is 1. The largest absolute Gasteiger partial charge is 0.486 e. The van der Waals surface area contributed by atoms with Crippen LogP contribution in [0.2, 0.25) is 0 Å². The molecular weight excluding hydrogens is 360 g/mol. The first-order chi connectivity index (χ1) is 14.3. The van der Waals surface area contributed by atoms with Crippen LogP contribution < -0.4 is 15.2 Å². The molecule has 1 aliphatic rings. The first-order valence-corrected chi connectivity index (χ1v) is 9.61. The zero-order chi connectivity index (χ0) is 19.6. The number of hydrogen-bond acceptors (Lipinski definition) is 4. The van der Waals surface area contributed by atoms with Crippen LogP contribution in [0.4, 0.5) is 5.82 Å². The number of fused-ring (bicyclic) bond motifs is 1. The third-order valence-corrected chi connectivity index (χ3v) is 5.00. The van der Waals surface area contributed by atoms with Gasteiger partial charge in [-0.2, -0.15) is 0 Å². The summed E-state index contributed by atoms with van der Waals surface area (Å²) in [5, 5.41) is 0. The quantitative estimate of drug-likeness (QED) is 0.514. The fourth-order valence-electron chi connectivity index (χ4n) is 3.71. The Balaban J connectivity index is 1.78. The van der Waals surface area contributed by atoms with Crippen LogP contribution >= 0.6 is 0 Å². The Labute approximate surface area is 169 Å². The maximum atomic E-state index is 6.25. The van der Waals surface area contributed by atoms with Gasteiger partial charge in [-0.25, -0.2) is 4.98 Å². The van der Waals surface area contributed by atoms with Crippen molar-refractivity contribution in [2.45, 2.75) is 0 Å². The van der Waals surface area contributed by atoms with Gasteiger partial charge in [-0.05, 0) is 34.9 Å². The highest BCUT2D eigenvalue weighted by molar-refractivity contribution is 5.94. The molecule has 0 unspecified atom stereocenters. The molecule has 0 amide bonds. The summed E-state index contributed by atoms with van der Waals surface area (Å²) in [6.45, 7) is 1.12. The molecule has 4 nitrogen and oxygen atoms in total. The summed E-state index contributed by atoms with van der Waals surface area (Å²) in [6.07, 6.45) is 0. The molecule has 4 aromatic rings. The summed E-state index contributed by atoms with van der Waals surface area (Å²) in [5.74, 6) is 2.00. The Kier molecular flexibility index (Phi) is 4.37. The van der Waals surface area contributed by atoms with E-state index in [2.05, 4.69) is 24.3 Å². The van der Waals surface area contributed by atoms with Crippen molar-refractivity contribution in [3.05, 3.63) is 84.9 Å². The number of benzene rings is 3. The number of nitrogens with zero attached hydrogens (tertiary/aromatic N) is 1. The second kappa shape index (κ2) is 7.32. The SMILES string of the molecule is Nc1cc(-c2ccc3c(c2)OCCO3)c(-c2ccccc2)c(-c2ccccc2)n1. The van der Waals surface area contributed by atoms with Gasteiger partial charge in [0.1, 0.15) is 19.0 Å². The molecule has 1 aliphatic heterocycles. The van der Waals surface area contributed by atoms with Crippen molar-refractivity contribution in [3.8, 4) is 45.0 Å². The van der Waals surface area contributed by atoms with E-state index in [-0.39, 0.29) is 0 Å². The van der Waals surface area contributed by atoms with Gasteiger partial charge < -0.3 is 15.2 Å². The van der Waals surface area contributed by atoms with E-state index in [9.17, 15) is 0 Å². The maximum Gasteiger partial charge on any atom is 0.161 e. The molecule has 0 bridgehead atoms. The molecule has 2 N–H and O–H groups in total. The third kappa shape index (κ3) is 3.29. The summed E-state index contributed by atoms with van der Waals surface area (Å²) in [4.78, 5) is 4.72. The van der Waals surface area contributed by atoms with E-state index < -0.39 is 0 Å². The van der Waals surface area contributed by atoms with E-state index in [1.165, 1.54) is 0 Å². The summed E-state index contributed by atoms with van der Waals surface area (Å²) >= 11 is 0. The number of anilines is 1. The number of ether oxygens (including phenoxy) is 2. The summed E-state index contributed by atoms with van der Waals surface area (Å²) < 4.78 is 11.5. The van der Waals surface area contributed by atoms with Crippen molar-refractivity contribution < 1.29 is 9.47 Å². The lowest BCUT2D eigenvalue weighted by Crippen LogP contribution is -2.15. The number of aromatic nitrogens is 1. The predicted molar refractivity (Wildman–Crippen MR) is 116 cm³/mol. The Bertz CT molecular complexity index is 1160. The molecule has 0 saturated heterocycles. The van der Waals surface area contributed by atoms with E-state index in [0.717, 1.165) is 45.0 Å². The molecule has 29 heavy (non-hydrogen) atoms. The highest BCUT2D eigenvalue weighted by Gasteiger charge is 2.19. The molecule has 5 rings (SSSR count). The van der Waals surface area contributed by atoms with Crippen LogP contribution in [-0.4, -0.2) is 18.2 Å². The monoisotopic (exact) mass is 380 g/mol. The minimum atomic E-state index is 0.480. The fraction of sp³-hybridized carbons (Fsp3) is 0.0800. The van der Waals surface area contributed by atoms with Gasteiger partial charge in [-0.3, -0.25) is 0 Å². The molecule has 0 atom stereocenters. The van der Waals surface area contributed by atoms with Crippen LogP contribution in [0.25, 0.3) is 33.5 Å². The topological polar surface area (TPSA) is 57.4 Å². The van der Waals surface area contributed by atoms with E-state index >= 15 is 0 Å². The summed E-state index contributed by atoms with van der Waals surface area (Å²) in [5.41, 5.74) is 12.3.